The van der Waals surface area contributed by atoms with Crippen molar-refractivity contribution in [3.63, 3.8) is 0 Å². The number of anilines is 1. The molecule has 2 N–H and O–H groups in total. The van der Waals surface area contributed by atoms with E-state index >= 15 is 0 Å². The second-order valence-electron chi connectivity index (χ2n) is 8.39. The molecule has 10 heteroatoms. The molecule has 10 nitrogen and oxygen atoms in total. The van der Waals surface area contributed by atoms with Crippen molar-refractivity contribution >= 4 is 23.5 Å². The lowest BCUT2D eigenvalue weighted by molar-refractivity contribution is -0.153. The number of carbonyl (C=O) groups excluding carboxylic acids is 3. The van der Waals surface area contributed by atoms with Crippen LogP contribution in [0.25, 0.3) is 11.3 Å². The van der Waals surface area contributed by atoms with Gasteiger partial charge in [0.1, 0.15) is 5.69 Å². The van der Waals surface area contributed by atoms with Crippen LogP contribution in [0, 0.1) is 5.41 Å². The zero-order chi connectivity index (χ0) is 22.6. The molecule has 0 aliphatic carbocycles. The number of nitrogens with zero attached hydrogens (tertiary/aromatic N) is 3. The zero-order valence-corrected chi connectivity index (χ0v) is 17.9. The van der Waals surface area contributed by atoms with Crippen molar-refractivity contribution in [3.05, 3.63) is 36.2 Å². The summed E-state index contributed by atoms with van der Waals surface area (Å²) in [5.41, 5.74) is 1.53. The molecule has 2 aromatic rings. The Labute approximate surface area is 184 Å². The summed E-state index contributed by atoms with van der Waals surface area (Å²) in [6.07, 6.45) is 2.74. The number of methoxy groups -OCH3 is 1. The third-order valence-corrected chi connectivity index (χ3v) is 6.44. The highest BCUT2D eigenvalue weighted by molar-refractivity contribution is 6.20. The second-order valence-corrected chi connectivity index (χ2v) is 8.39. The number of imide groups is 2. The molecule has 0 bridgehead atoms. The lowest BCUT2D eigenvalue weighted by Crippen LogP contribution is -2.75. The number of rotatable bonds is 2. The van der Waals surface area contributed by atoms with E-state index in [-0.39, 0.29) is 12.5 Å². The third-order valence-electron chi connectivity index (χ3n) is 6.44. The van der Waals surface area contributed by atoms with Crippen LogP contribution in [0.2, 0.25) is 0 Å². The Morgan fingerprint density at radius 3 is 2.56 bits per heavy atom. The summed E-state index contributed by atoms with van der Waals surface area (Å²) >= 11 is 0. The van der Waals surface area contributed by atoms with E-state index in [1.165, 1.54) is 7.11 Å². The molecule has 0 saturated carbocycles. The molecular formula is C22H23N5O5. The molecule has 4 heterocycles. The molecule has 3 atom stereocenters. The minimum Gasteiger partial charge on any atom is -0.479 e. The molecule has 32 heavy (non-hydrogen) atoms. The van der Waals surface area contributed by atoms with Gasteiger partial charge in [-0.15, -0.1) is 0 Å². The van der Waals surface area contributed by atoms with Gasteiger partial charge in [0.15, 0.2) is 5.41 Å². The van der Waals surface area contributed by atoms with E-state index in [0.717, 1.165) is 16.8 Å². The van der Waals surface area contributed by atoms with Gasteiger partial charge in [0.2, 0.25) is 17.7 Å². The van der Waals surface area contributed by atoms with Crippen LogP contribution in [-0.2, 0) is 20.7 Å². The fourth-order valence-corrected chi connectivity index (χ4v) is 5.27. The van der Waals surface area contributed by atoms with E-state index in [2.05, 4.69) is 25.5 Å². The molecule has 1 aromatic heterocycles. The van der Waals surface area contributed by atoms with Gasteiger partial charge in [0.05, 0.1) is 25.4 Å². The predicted octanol–water partition coefficient (Wildman–Crippen LogP) is 1.04. The highest BCUT2D eigenvalue weighted by Crippen LogP contribution is 2.47. The summed E-state index contributed by atoms with van der Waals surface area (Å²) in [6, 6.07) is 4.43. The summed E-state index contributed by atoms with van der Waals surface area (Å²) in [5, 5.41) is 4.59. The number of ether oxygens (including phenoxy) is 2. The van der Waals surface area contributed by atoms with Crippen LogP contribution in [-0.4, -0.2) is 59.7 Å². The molecule has 2 saturated heterocycles. The van der Waals surface area contributed by atoms with Crippen molar-refractivity contribution in [3.8, 4) is 17.1 Å². The Morgan fingerprint density at radius 2 is 1.84 bits per heavy atom. The van der Waals surface area contributed by atoms with E-state index in [1.54, 1.807) is 12.4 Å². The average molecular weight is 437 g/mol. The number of hydrogen-bond acceptors (Lipinski definition) is 8. The first kappa shape index (κ1) is 20.4. The summed E-state index contributed by atoms with van der Waals surface area (Å²) in [5.74, 6) is -0.845. The quantitative estimate of drug-likeness (QED) is 0.669. The van der Waals surface area contributed by atoms with Gasteiger partial charge in [0.25, 0.3) is 0 Å². The largest absolute Gasteiger partial charge is 0.479 e. The number of hydrogen-bond donors (Lipinski definition) is 2. The second kappa shape index (κ2) is 7.27. The summed E-state index contributed by atoms with van der Waals surface area (Å²) in [6.45, 7) is 4.32. The number of aromatic nitrogens is 2. The molecule has 5 rings (SSSR count). The Balaban J connectivity index is 1.68. The molecule has 1 spiro atoms. The van der Waals surface area contributed by atoms with Gasteiger partial charge in [-0.1, -0.05) is 6.07 Å². The van der Waals surface area contributed by atoms with Gasteiger partial charge in [-0.05, 0) is 38.0 Å². The summed E-state index contributed by atoms with van der Waals surface area (Å²) < 4.78 is 11.4. The van der Waals surface area contributed by atoms with Crippen molar-refractivity contribution in [1.29, 1.82) is 0 Å². The molecule has 4 amide bonds. The smallest absolute Gasteiger partial charge is 0.328 e. The number of carbonyl (C=O) groups is 3. The van der Waals surface area contributed by atoms with Crippen LogP contribution in [0.4, 0.5) is 10.5 Å². The third kappa shape index (κ3) is 2.86. The van der Waals surface area contributed by atoms with Gasteiger partial charge < -0.3 is 14.4 Å². The highest BCUT2D eigenvalue weighted by Gasteiger charge is 2.62. The van der Waals surface area contributed by atoms with E-state index in [0.29, 0.717) is 18.1 Å². The van der Waals surface area contributed by atoms with Crippen LogP contribution in [0.15, 0.2) is 30.6 Å². The number of morpholine rings is 1. The van der Waals surface area contributed by atoms with Crippen molar-refractivity contribution in [1.82, 2.24) is 20.6 Å². The minimum absolute atomic E-state index is 0.0969. The fraction of sp³-hybridized carbons (Fsp3) is 0.409. The van der Waals surface area contributed by atoms with Crippen LogP contribution >= 0.6 is 0 Å². The average Bonchev–Trinajstić information content (AvgIpc) is 2.76. The standard InChI is InChI=1S/C22H23N5O5/c1-11-10-27-15-5-4-13(16-18(31-3)24-7-6-23-16)8-14(15)9-22(17(27)12(2)32-11)19(28)25-21(30)26-20(22)29/h4-8,11-12,17H,9-10H2,1-3H3,(H2,25,26,28,29,30). The Kier molecular flexibility index (Phi) is 4.63. The first-order valence-electron chi connectivity index (χ1n) is 10.4. The predicted molar refractivity (Wildman–Crippen MR) is 113 cm³/mol. The Hall–Kier alpha value is -3.53. The van der Waals surface area contributed by atoms with E-state index in [9.17, 15) is 14.4 Å². The summed E-state index contributed by atoms with van der Waals surface area (Å²) in [7, 11) is 1.52. The normalized spacial score (nSPS) is 26.2. The molecule has 166 valence electrons. The number of urea groups is 1. The maximum Gasteiger partial charge on any atom is 0.328 e. The first-order valence-corrected chi connectivity index (χ1v) is 10.4. The van der Waals surface area contributed by atoms with Crippen molar-refractivity contribution < 1.29 is 23.9 Å². The molecule has 1 aromatic carbocycles. The number of amides is 4. The SMILES string of the molecule is COc1nccnc1-c1ccc2c(c1)CC1(C(=O)NC(=O)NC1=O)C1C(C)OC(C)CN21. The zero-order valence-electron chi connectivity index (χ0n) is 17.9. The monoisotopic (exact) mass is 437 g/mol. The lowest BCUT2D eigenvalue weighted by Gasteiger charge is -2.55. The van der Waals surface area contributed by atoms with Crippen LogP contribution in [0.3, 0.4) is 0 Å². The van der Waals surface area contributed by atoms with Gasteiger partial charge in [0, 0.05) is 30.2 Å². The minimum atomic E-state index is -1.51. The molecule has 3 unspecified atom stereocenters. The lowest BCUT2D eigenvalue weighted by atomic mass is 9.66. The van der Waals surface area contributed by atoms with Gasteiger partial charge in [-0.25, -0.2) is 14.8 Å². The van der Waals surface area contributed by atoms with Crippen molar-refractivity contribution in [2.75, 3.05) is 18.6 Å². The van der Waals surface area contributed by atoms with E-state index in [4.69, 9.17) is 9.47 Å². The summed E-state index contributed by atoms with van der Waals surface area (Å²) in [4.78, 5) is 48.9. The van der Waals surface area contributed by atoms with Crippen LogP contribution in [0.5, 0.6) is 5.88 Å². The molecular weight excluding hydrogens is 414 g/mol. The van der Waals surface area contributed by atoms with Gasteiger partial charge >= 0.3 is 6.03 Å². The van der Waals surface area contributed by atoms with Gasteiger partial charge in [-0.2, -0.15) is 0 Å². The maximum absolute atomic E-state index is 13.2. The number of nitrogens with one attached hydrogen (secondary N) is 2. The topological polar surface area (TPSA) is 123 Å². The Morgan fingerprint density at radius 1 is 1.12 bits per heavy atom. The van der Waals surface area contributed by atoms with Crippen molar-refractivity contribution in [2.45, 2.75) is 38.5 Å². The van der Waals surface area contributed by atoms with Crippen LogP contribution in [0.1, 0.15) is 19.4 Å². The number of barbiturate groups is 1. The van der Waals surface area contributed by atoms with Gasteiger partial charge in [-0.3, -0.25) is 20.2 Å². The molecule has 0 radical (unpaired) electrons. The fourth-order valence-electron chi connectivity index (χ4n) is 5.27. The first-order chi connectivity index (χ1) is 15.3. The van der Waals surface area contributed by atoms with Crippen LogP contribution < -0.4 is 20.3 Å². The Bertz CT molecular complexity index is 1120. The number of benzene rings is 1. The maximum atomic E-state index is 13.2. The van der Waals surface area contributed by atoms with E-state index in [1.807, 2.05) is 32.0 Å². The highest BCUT2D eigenvalue weighted by atomic mass is 16.5. The van der Waals surface area contributed by atoms with Crippen molar-refractivity contribution in [2.24, 2.45) is 5.41 Å². The molecule has 2 fully saturated rings. The number of fused-ring (bicyclic) bond motifs is 4. The molecule has 3 aliphatic heterocycles. The van der Waals surface area contributed by atoms with E-state index < -0.39 is 35.4 Å². The molecule has 3 aliphatic rings.